The second-order valence-electron chi connectivity index (χ2n) is 10.1. The van der Waals surface area contributed by atoms with Crippen LogP contribution in [-0.2, 0) is 19.3 Å². The molecule has 0 N–H and O–H groups in total. The second kappa shape index (κ2) is 5.87. The average molecular weight is 432 g/mol. The van der Waals surface area contributed by atoms with Crippen LogP contribution < -0.4 is 0 Å². The van der Waals surface area contributed by atoms with E-state index in [1.54, 1.807) is 0 Å². The van der Waals surface area contributed by atoms with Gasteiger partial charge in [0.2, 0.25) is 0 Å². The van der Waals surface area contributed by atoms with Crippen molar-refractivity contribution in [3.8, 4) is 27.9 Å². The van der Waals surface area contributed by atoms with Crippen LogP contribution in [0, 0.1) is 0 Å². The molecule has 1 aromatic heterocycles. The molecule has 0 unspecified atom stereocenters. The Labute approximate surface area is 197 Å². The number of hydrogen-bond acceptors (Lipinski definition) is 0. The molecule has 9 rings (SSSR count). The first-order valence-electron chi connectivity index (χ1n) is 12.3. The topological polar surface area (TPSA) is 4.93 Å². The SMILES string of the molecule is c1ccc2c(c1)Cc1ccc3c(c1-2)Cc1c2c(cc4c5ccccc5n-3c14)Cc1ccccc1-2. The van der Waals surface area contributed by atoms with Crippen LogP contribution in [0.5, 0.6) is 0 Å². The van der Waals surface area contributed by atoms with E-state index >= 15 is 0 Å². The van der Waals surface area contributed by atoms with Gasteiger partial charge in [0.25, 0.3) is 0 Å². The maximum Gasteiger partial charge on any atom is 0.0582 e. The monoisotopic (exact) mass is 431 g/mol. The minimum atomic E-state index is 0.997. The Balaban J connectivity index is 1.48. The Hall–Kier alpha value is -4.10. The zero-order valence-corrected chi connectivity index (χ0v) is 18.7. The summed E-state index contributed by atoms with van der Waals surface area (Å²) in [5, 5.41) is 2.77. The van der Waals surface area contributed by atoms with Gasteiger partial charge < -0.3 is 4.57 Å². The van der Waals surface area contributed by atoms with Gasteiger partial charge in [0.05, 0.1) is 16.7 Å². The van der Waals surface area contributed by atoms with Crippen LogP contribution in [0.25, 0.3) is 49.7 Å². The van der Waals surface area contributed by atoms with E-state index in [1.807, 2.05) is 0 Å². The molecule has 0 radical (unpaired) electrons. The maximum absolute atomic E-state index is 2.57. The van der Waals surface area contributed by atoms with Gasteiger partial charge in [-0.05, 0) is 86.7 Å². The zero-order chi connectivity index (χ0) is 22.0. The lowest BCUT2D eigenvalue weighted by atomic mass is 9.86. The van der Waals surface area contributed by atoms with E-state index in [-0.39, 0.29) is 0 Å². The number of nitrogens with zero attached hydrogens (tertiary/aromatic N) is 1. The Morgan fingerprint density at radius 3 is 2.00 bits per heavy atom. The summed E-state index contributed by atoms with van der Waals surface area (Å²) in [5.41, 5.74) is 18.8. The second-order valence-corrected chi connectivity index (χ2v) is 10.1. The molecule has 6 aromatic rings. The van der Waals surface area contributed by atoms with Gasteiger partial charge in [-0.2, -0.15) is 0 Å². The lowest BCUT2D eigenvalue weighted by molar-refractivity contribution is 1.04. The minimum absolute atomic E-state index is 0.997. The number of fused-ring (bicyclic) bond motifs is 13. The van der Waals surface area contributed by atoms with Crippen molar-refractivity contribution in [2.45, 2.75) is 19.3 Å². The van der Waals surface area contributed by atoms with Crippen LogP contribution in [-0.4, -0.2) is 4.57 Å². The van der Waals surface area contributed by atoms with Crippen LogP contribution in [0.4, 0.5) is 0 Å². The molecule has 1 heteroatoms. The largest absolute Gasteiger partial charge is 0.309 e. The third-order valence-electron chi connectivity index (χ3n) is 8.45. The lowest BCUT2D eigenvalue weighted by Crippen LogP contribution is -2.11. The fourth-order valence-corrected chi connectivity index (χ4v) is 7.14. The predicted molar refractivity (Wildman–Crippen MR) is 140 cm³/mol. The van der Waals surface area contributed by atoms with E-state index in [0.717, 1.165) is 19.3 Å². The van der Waals surface area contributed by atoms with Crippen LogP contribution in [0.15, 0.2) is 91.0 Å². The molecule has 0 saturated heterocycles. The molecule has 2 aliphatic carbocycles. The molecule has 3 aliphatic rings. The highest BCUT2D eigenvalue weighted by Gasteiger charge is 2.33. The van der Waals surface area contributed by atoms with Crippen molar-refractivity contribution in [3.63, 3.8) is 0 Å². The number of benzene rings is 5. The first-order chi connectivity index (χ1) is 16.9. The summed E-state index contributed by atoms with van der Waals surface area (Å²) in [7, 11) is 0. The van der Waals surface area contributed by atoms with Gasteiger partial charge in [0, 0.05) is 17.2 Å². The highest BCUT2D eigenvalue weighted by molar-refractivity contribution is 6.14. The number of aromatic nitrogens is 1. The summed E-state index contributed by atoms with van der Waals surface area (Å²) in [4.78, 5) is 0. The van der Waals surface area contributed by atoms with Crippen LogP contribution in [0.2, 0.25) is 0 Å². The molecule has 5 aromatic carbocycles. The molecule has 0 bridgehead atoms. The molecule has 0 spiro atoms. The molecule has 0 saturated carbocycles. The van der Waals surface area contributed by atoms with Gasteiger partial charge in [-0.1, -0.05) is 72.8 Å². The van der Waals surface area contributed by atoms with Crippen LogP contribution >= 0.6 is 0 Å². The van der Waals surface area contributed by atoms with E-state index in [4.69, 9.17) is 0 Å². The number of rotatable bonds is 0. The van der Waals surface area contributed by atoms with E-state index in [1.165, 1.54) is 83.1 Å². The predicted octanol–water partition coefficient (Wildman–Crippen LogP) is 7.83. The summed E-state index contributed by atoms with van der Waals surface area (Å²) < 4.78 is 2.57. The molecule has 0 fully saturated rings. The molecule has 34 heavy (non-hydrogen) atoms. The molecular weight excluding hydrogens is 410 g/mol. The summed E-state index contributed by atoms with van der Waals surface area (Å²) in [6, 6.07) is 34.3. The van der Waals surface area contributed by atoms with Crippen molar-refractivity contribution in [2.24, 2.45) is 0 Å². The van der Waals surface area contributed by atoms with Crippen molar-refractivity contribution in [1.82, 2.24) is 4.57 Å². The normalized spacial score (nSPS) is 14.1. The van der Waals surface area contributed by atoms with Gasteiger partial charge in [-0.3, -0.25) is 0 Å². The molecule has 158 valence electrons. The van der Waals surface area contributed by atoms with Crippen LogP contribution in [0.1, 0.15) is 33.4 Å². The average Bonchev–Trinajstić information content (AvgIpc) is 3.54. The maximum atomic E-state index is 2.57. The first kappa shape index (κ1) is 17.4. The molecule has 2 heterocycles. The van der Waals surface area contributed by atoms with Gasteiger partial charge >= 0.3 is 0 Å². The smallest absolute Gasteiger partial charge is 0.0582 e. The summed E-state index contributed by atoms with van der Waals surface area (Å²) in [6.45, 7) is 0. The first-order valence-corrected chi connectivity index (χ1v) is 12.3. The summed E-state index contributed by atoms with van der Waals surface area (Å²) in [5.74, 6) is 0. The van der Waals surface area contributed by atoms with Crippen molar-refractivity contribution in [3.05, 3.63) is 124 Å². The van der Waals surface area contributed by atoms with Crippen molar-refractivity contribution in [1.29, 1.82) is 0 Å². The van der Waals surface area contributed by atoms with Gasteiger partial charge in [-0.15, -0.1) is 0 Å². The van der Waals surface area contributed by atoms with E-state index < -0.39 is 0 Å². The standard InChI is InChI=1S/C33H21N/c1-3-9-23-19(7-1)15-21-13-14-30-27(31(21)23)18-28-32-22(16-20-8-2-4-10-24(20)32)17-26-25-11-5-6-12-29(25)34(30)33(26)28/h1-14,17H,15-16,18H2. The molecular formula is C33H21N. The fourth-order valence-electron chi connectivity index (χ4n) is 7.14. The third kappa shape index (κ3) is 1.94. The van der Waals surface area contributed by atoms with Gasteiger partial charge in [-0.25, -0.2) is 0 Å². The van der Waals surface area contributed by atoms with Crippen molar-refractivity contribution >= 4 is 21.8 Å². The van der Waals surface area contributed by atoms with E-state index in [9.17, 15) is 0 Å². The number of hydrogen-bond donors (Lipinski definition) is 0. The molecule has 0 atom stereocenters. The molecule has 1 aliphatic heterocycles. The Kier molecular flexibility index (Phi) is 3.00. The van der Waals surface area contributed by atoms with Gasteiger partial charge in [0.15, 0.2) is 0 Å². The summed E-state index contributed by atoms with van der Waals surface area (Å²) >= 11 is 0. The molecule has 0 amide bonds. The third-order valence-corrected chi connectivity index (χ3v) is 8.45. The summed E-state index contributed by atoms with van der Waals surface area (Å²) in [6.07, 6.45) is 3.08. The minimum Gasteiger partial charge on any atom is -0.309 e. The Morgan fingerprint density at radius 2 is 1.18 bits per heavy atom. The zero-order valence-electron chi connectivity index (χ0n) is 18.7. The highest BCUT2D eigenvalue weighted by Crippen LogP contribution is 2.51. The fraction of sp³-hybridized carbons (Fsp3) is 0.0909. The number of para-hydroxylation sites is 1. The van der Waals surface area contributed by atoms with Crippen molar-refractivity contribution in [2.75, 3.05) is 0 Å². The lowest BCUT2D eigenvalue weighted by Gasteiger charge is -2.26. The van der Waals surface area contributed by atoms with Crippen LogP contribution in [0.3, 0.4) is 0 Å². The van der Waals surface area contributed by atoms with Crippen molar-refractivity contribution < 1.29 is 0 Å². The Morgan fingerprint density at radius 1 is 0.500 bits per heavy atom. The van der Waals surface area contributed by atoms with E-state index in [2.05, 4.69) is 95.6 Å². The highest BCUT2D eigenvalue weighted by atomic mass is 15.0. The van der Waals surface area contributed by atoms with E-state index in [0.29, 0.717) is 0 Å². The molecule has 1 nitrogen and oxygen atoms in total. The van der Waals surface area contributed by atoms with Gasteiger partial charge in [0.1, 0.15) is 0 Å². The Bertz CT molecular complexity index is 1880. The quantitative estimate of drug-likeness (QED) is 0.231.